The lowest BCUT2D eigenvalue weighted by atomic mass is 10.1. The molecule has 2 fully saturated rings. The summed E-state index contributed by atoms with van der Waals surface area (Å²) >= 11 is 0. The van der Waals surface area contributed by atoms with Gasteiger partial charge >= 0.3 is 0 Å². The minimum Gasteiger partial charge on any atom is -0.459 e. The van der Waals surface area contributed by atoms with Crippen molar-refractivity contribution in [1.82, 2.24) is 20.2 Å². The molecule has 8 heteroatoms. The number of rotatable bonds is 5. The fourth-order valence-corrected chi connectivity index (χ4v) is 3.51. The largest absolute Gasteiger partial charge is 0.459 e. The van der Waals surface area contributed by atoms with Crippen molar-refractivity contribution in [3.8, 4) is 0 Å². The van der Waals surface area contributed by atoms with Crippen LogP contribution in [-0.2, 0) is 11.3 Å². The average Bonchev–Trinajstić information content (AvgIpc) is 3.28. The first-order chi connectivity index (χ1) is 13.3. The average molecular weight is 371 g/mol. The van der Waals surface area contributed by atoms with E-state index in [0.717, 1.165) is 57.2 Å². The molecule has 8 nitrogen and oxygen atoms in total. The third-order valence-electron chi connectivity index (χ3n) is 5.02. The topological polar surface area (TPSA) is 83.7 Å². The first kappa shape index (κ1) is 17.9. The maximum Gasteiger partial charge on any atom is 0.289 e. The first-order valence-corrected chi connectivity index (χ1v) is 9.49. The highest BCUT2D eigenvalue weighted by molar-refractivity contribution is 5.91. The van der Waals surface area contributed by atoms with Crippen LogP contribution in [0.25, 0.3) is 0 Å². The number of nitrogens with one attached hydrogen (secondary N) is 1. The van der Waals surface area contributed by atoms with Gasteiger partial charge in [0.25, 0.3) is 5.91 Å². The Kier molecular flexibility index (Phi) is 5.64. The molecule has 0 saturated carbocycles. The Morgan fingerprint density at radius 3 is 2.78 bits per heavy atom. The molecule has 2 aromatic rings. The number of anilines is 1. The van der Waals surface area contributed by atoms with Crippen LogP contribution in [0.2, 0.25) is 0 Å². The zero-order valence-electron chi connectivity index (χ0n) is 15.3. The Morgan fingerprint density at radius 1 is 1.22 bits per heavy atom. The Hall–Kier alpha value is -2.45. The molecule has 0 aromatic carbocycles. The predicted octanol–water partition coefficient (Wildman–Crippen LogP) is 1.30. The molecule has 2 saturated heterocycles. The highest BCUT2D eigenvalue weighted by atomic mass is 16.5. The summed E-state index contributed by atoms with van der Waals surface area (Å²) in [6, 6.07) is 3.72. The van der Waals surface area contributed by atoms with Crippen molar-refractivity contribution in [1.29, 1.82) is 0 Å². The molecule has 144 valence electrons. The van der Waals surface area contributed by atoms with Gasteiger partial charge in [-0.15, -0.1) is 0 Å². The van der Waals surface area contributed by atoms with Gasteiger partial charge in [0, 0.05) is 56.7 Å². The fraction of sp³-hybridized carbons (Fsp3) is 0.526. The number of nitrogens with zero attached hydrogens (tertiary/aromatic N) is 4. The van der Waals surface area contributed by atoms with Crippen molar-refractivity contribution in [2.75, 3.05) is 44.3 Å². The number of hydrogen-bond acceptors (Lipinski definition) is 7. The normalized spacial score (nSPS) is 20.7. The summed E-state index contributed by atoms with van der Waals surface area (Å²) in [6.45, 7) is 5.26. The van der Waals surface area contributed by atoms with E-state index in [0.29, 0.717) is 18.8 Å². The van der Waals surface area contributed by atoms with Crippen molar-refractivity contribution in [2.24, 2.45) is 0 Å². The number of ether oxygens (including phenoxy) is 1. The van der Waals surface area contributed by atoms with Gasteiger partial charge in [0.2, 0.25) is 5.95 Å². The molecular weight excluding hydrogens is 346 g/mol. The van der Waals surface area contributed by atoms with Gasteiger partial charge < -0.3 is 24.3 Å². The Labute approximate surface area is 158 Å². The van der Waals surface area contributed by atoms with E-state index in [1.807, 2.05) is 17.3 Å². The van der Waals surface area contributed by atoms with Crippen LogP contribution in [0.4, 0.5) is 5.95 Å². The van der Waals surface area contributed by atoms with E-state index < -0.39 is 0 Å². The molecule has 1 unspecified atom stereocenters. The summed E-state index contributed by atoms with van der Waals surface area (Å²) in [4.78, 5) is 25.4. The van der Waals surface area contributed by atoms with Gasteiger partial charge in [-0.2, -0.15) is 0 Å². The van der Waals surface area contributed by atoms with E-state index in [2.05, 4.69) is 20.2 Å². The van der Waals surface area contributed by atoms with E-state index in [1.165, 1.54) is 6.26 Å². The minimum atomic E-state index is -0.0373. The summed E-state index contributed by atoms with van der Waals surface area (Å²) in [5.74, 6) is 1.13. The second kappa shape index (κ2) is 8.49. The highest BCUT2D eigenvalue weighted by Crippen LogP contribution is 2.15. The lowest BCUT2D eigenvalue weighted by molar-refractivity contribution is 0.0662. The third kappa shape index (κ3) is 4.45. The summed E-state index contributed by atoms with van der Waals surface area (Å²) in [6.07, 6.45) is 7.32. The molecule has 2 aliphatic heterocycles. The molecule has 0 bridgehead atoms. The van der Waals surface area contributed by atoms with Crippen molar-refractivity contribution in [3.63, 3.8) is 0 Å². The second-order valence-corrected chi connectivity index (χ2v) is 6.94. The molecule has 2 aliphatic rings. The lowest BCUT2D eigenvalue weighted by Crippen LogP contribution is -2.47. The Morgan fingerprint density at radius 2 is 2.04 bits per heavy atom. The van der Waals surface area contributed by atoms with Crippen LogP contribution in [0.5, 0.6) is 0 Å². The molecule has 4 heterocycles. The quantitative estimate of drug-likeness (QED) is 0.848. The Bertz CT molecular complexity index is 728. The van der Waals surface area contributed by atoms with Gasteiger partial charge in [-0.25, -0.2) is 9.97 Å². The number of carbonyl (C=O) groups is 1. The summed E-state index contributed by atoms with van der Waals surface area (Å²) < 4.78 is 10.6. The number of carbonyl (C=O) groups excluding carboxylic acids is 1. The van der Waals surface area contributed by atoms with E-state index in [9.17, 15) is 4.79 Å². The van der Waals surface area contributed by atoms with Crippen molar-refractivity contribution in [3.05, 3.63) is 42.1 Å². The summed E-state index contributed by atoms with van der Waals surface area (Å²) in [5, 5.41) is 3.53. The van der Waals surface area contributed by atoms with Crippen LogP contribution in [0.15, 0.2) is 35.2 Å². The van der Waals surface area contributed by atoms with Gasteiger partial charge in [-0.1, -0.05) is 0 Å². The van der Waals surface area contributed by atoms with Gasteiger partial charge in [-0.05, 0) is 25.0 Å². The van der Waals surface area contributed by atoms with Gasteiger partial charge in [0.05, 0.1) is 19.5 Å². The number of furan rings is 1. The molecule has 2 aromatic heterocycles. The lowest BCUT2D eigenvalue weighted by Gasteiger charge is -2.32. The van der Waals surface area contributed by atoms with Gasteiger partial charge in [0.1, 0.15) is 0 Å². The molecule has 27 heavy (non-hydrogen) atoms. The van der Waals surface area contributed by atoms with E-state index in [4.69, 9.17) is 9.15 Å². The molecule has 1 N–H and O–H groups in total. The Balaban J connectivity index is 1.28. The van der Waals surface area contributed by atoms with Crippen LogP contribution in [-0.4, -0.2) is 66.2 Å². The number of hydrogen-bond donors (Lipinski definition) is 1. The second-order valence-electron chi connectivity index (χ2n) is 6.94. The molecule has 0 radical (unpaired) electrons. The number of likely N-dealkylation sites (tertiary alicyclic amines) is 1. The maximum atomic E-state index is 12.4. The zero-order valence-corrected chi connectivity index (χ0v) is 15.3. The van der Waals surface area contributed by atoms with Crippen molar-refractivity contribution >= 4 is 11.9 Å². The maximum absolute atomic E-state index is 12.4. The van der Waals surface area contributed by atoms with Crippen molar-refractivity contribution < 1.29 is 13.9 Å². The number of amides is 1. The third-order valence-corrected chi connectivity index (χ3v) is 5.02. The standard InChI is InChI=1S/C19H25N5O3/c25-18(17-4-2-8-27-17)24-5-1-3-16(14-24)20-11-15-12-21-19(22-13-15)23-6-9-26-10-7-23/h2,4,8,12-13,16,20H,1,3,5-7,9-11,14H2. The minimum absolute atomic E-state index is 0.0373. The molecule has 0 aliphatic carbocycles. The number of aromatic nitrogens is 2. The van der Waals surface area contributed by atoms with Crippen LogP contribution in [0.1, 0.15) is 29.0 Å². The molecule has 1 amide bonds. The first-order valence-electron chi connectivity index (χ1n) is 9.49. The van der Waals surface area contributed by atoms with Crippen LogP contribution < -0.4 is 10.2 Å². The van der Waals surface area contributed by atoms with E-state index >= 15 is 0 Å². The molecule has 4 rings (SSSR count). The van der Waals surface area contributed by atoms with E-state index in [1.54, 1.807) is 12.1 Å². The number of piperidine rings is 1. The summed E-state index contributed by atoms with van der Waals surface area (Å²) in [5.41, 5.74) is 1.04. The smallest absolute Gasteiger partial charge is 0.289 e. The fourth-order valence-electron chi connectivity index (χ4n) is 3.51. The predicted molar refractivity (Wildman–Crippen MR) is 99.5 cm³/mol. The van der Waals surface area contributed by atoms with Gasteiger partial charge in [-0.3, -0.25) is 4.79 Å². The van der Waals surface area contributed by atoms with Crippen molar-refractivity contribution in [2.45, 2.75) is 25.4 Å². The van der Waals surface area contributed by atoms with Crippen LogP contribution >= 0.6 is 0 Å². The van der Waals surface area contributed by atoms with Crippen LogP contribution in [0.3, 0.4) is 0 Å². The number of morpholine rings is 1. The molecule has 0 spiro atoms. The molecular formula is C19H25N5O3. The SMILES string of the molecule is O=C(c1ccco1)N1CCCC(NCc2cnc(N3CCOCC3)nc2)C1. The highest BCUT2D eigenvalue weighted by Gasteiger charge is 2.25. The monoisotopic (exact) mass is 371 g/mol. The molecule has 1 atom stereocenters. The summed E-state index contributed by atoms with van der Waals surface area (Å²) in [7, 11) is 0. The zero-order chi connectivity index (χ0) is 18.5. The van der Waals surface area contributed by atoms with Crippen LogP contribution in [0, 0.1) is 0 Å². The van der Waals surface area contributed by atoms with E-state index in [-0.39, 0.29) is 11.9 Å². The van der Waals surface area contributed by atoms with Gasteiger partial charge in [0.15, 0.2) is 5.76 Å².